The topological polar surface area (TPSA) is 44.4 Å². The number of para-hydroxylation sites is 2. The summed E-state index contributed by atoms with van der Waals surface area (Å²) in [6, 6.07) is 16.5. The molecule has 150 valence electrons. The first kappa shape index (κ1) is 18.8. The average Bonchev–Trinajstić information content (AvgIpc) is 3.31. The lowest BCUT2D eigenvalue weighted by Gasteiger charge is -2.23. The number of halogens is 1. The van der Waals surface area contributed by atoms with Crippen LogP contribution in [0.2, 0.25) is 5.02 Å². The van der Waals surface area contributed by atoms with Gasteiger partial charge in [-0.15, -0.1) is 10.2 Å². The van der Waals surface area contributed by atoms with Crippen LogP contribution in [0.15, 0.2) is 53.7 Å². The molecule has 0 spiro atoms. The molecule has 5 rings (SSSR count). The molecule has 1 aliphatic carbocycles. The van der Waals surface area contributed by atoms with Gasteiger partial charge >= 0.3 is 0 Å². The van der Waals surface area contributed by atoms with Crippen molar-refractivity contribution in [3.8, 4) is 5.75 Å². The number of fused-ring (bicyclic) bond motifs is 3. The Bertz CT molecular complexity index is 1120. The summed E-state index contributed by atoms with van der Waals surface area (Å²) in [6.07, 6.45) is 6.37. The number of rotatable bonds is 6. The lowest BCUT2D eigenvalue weighted by molar-refractivity contribution is 0.344. The summed E-state index contributed by atoms with van der Waals surface area (Å²) in [4.78, 5) is 0. The number of nitrogens with zero attached hydrogens (tertiary/aromatic N) is 4. The maximum Gasteiger partial charge on any atom is 0.237 e. The van der Waals surface area contributed by atoms with Crippen molar-refractivity contribution >= 4 is 40.2 Å². The van der Waals surface area contributed by atoms with Crippen LogP contribution in [0.3, 0.4) is 0 Å². The van der Waals surface area contributed by atoms with Crippen molar-refractivity contribution < 1.29 is 4.74 Å². The van der Waals surface area contributed by atoms with Crippen molar-refractivity contribution in [1.82, 2.24) is 19.2 Å². The van der Waals surface area contributed by atoms with Crippen molar-refractivity contribution in [3.63, 3.8) is 0 Å². The predicted octanol–water partition coefficient (Wildman–Crippen LogP) is 6.01. The Morgan fingerprint density at radius 2 is 1.72 bits per heavy atom. The standard InChI is InChI=1S/C22H23ClN4OS/c23-16-10-12-18(13-11-16)28-14-15-29-22-25-24-21-26(17-6-2-1-3-7-17)19-8-4-5-9-20(19)27(21)22/h4-5,8-13,17H,1-3,6-7,14-15H2. The molecule has 1 aliphatic rings. The molecule has 0 aliphatic heterocycles. The van der Waals surface area contributed by atoms with Gasteiger partial charge in [-0.25, -0.2) is 0 Å². The zero-order valence-electron chi connectivity index (χ0n) is 16.1. The van der Waals surface area contributed by atoms with Gasteiger partial charge in [0.15, 0.2) is 5.16 Å². The number of hydrogen-bond donors (Lipinski definition) is 0. The molecule has 2 aromatic heterocycles. The second-order valence-electron chi connectivity index (χ2n) is 7.42. The first-order chi connectivity index (χ1) is 14.3. The van der Waals surface area contributed by atoms with Gasteiger partial charge in [-0.05, 0) is 49.2 Å². The maximum atomic E-state index is 5.92. The van der Waals surface area contributed by atoms with E-state index in [4.69, 9.17) is 16.3 Å². The zero-order valence-corrected chi connectivity index (χ0v) is 17.7. The number of imidazole rings is 1. The molecule has 1 saturated carbocycles. The van der Waals surface area contributed by atoms with Gasteiger partial charge in [0.05, 0.1) is 17.6 Å². The Balaban J connectivity index is 1.38. The smallest absolute Gasteiger partial charge is 0.237 e. The summed E-state index contributed by atoms with van der Waals surface area (Å²) in [6.45, 7) is 0.600. The molecule has 0 amide bonds. The Kier molecular flexibility index (Phi) is 5.38. The molecule has 0 N–H and O–H groups in total. The van der Waals surface area contributed by atoms with Crippen LogP contribution in [-0.4, -0.2) is 31.5 Å². The van der Waals surface area contributed by atoms with Gasteiger partial charge < -0.3 is 9.30 Å². The van der Waals surface area contributed by atoms with Gasteiger partial charge in [0.2, 0.25) is 5.78 Å². The molecule has 0 radical (unpaired) electrons. The largest absolute Gasteiger partial charge is 0.493 e. The Hall–Kier alpha value is -2.18. The Labute approximate surface area is 179 Å². The number of ether oxygens (including phenoxy) is 1. The lowest BCUT2D eigenvalue weighted by Crippen LogP contribution is -2.13. The zero-order chi connectivity index (χ0) is 19.6. The fraction of sp³-hybridized carbons (Fsp3) is 0.364. The van der Waals surface area contributed by atoms with Crippen molar-refractivity contribution in [2.45, 2.75) is 43.3 Å². The van der Waals surface area contributed by atoms with Crippen LogP contribution in [-0.2, 0) is 0 Å². The molecule has 2 heterocycles. The Morgan fingerprint density at radius 1 is 0.966 bits per heavy atom. The molecule has 2 aromatic carbocycles. The molecule has 0 atom stereocenters. The summed E-state index contributed by atoms with van der Waals surface area (Å²) in [7, 11) is 0. The van der Waals surface area contributed by atoms with Gasteiger partial charge in [0, 0.05) is 16.8 Å². The second-order valence-corrected chi connectivity index (χ2v) is 8.92. The van der Waals surface area contributed by atoms with Crippen LogP contribution in [0, 0.1) is 0 Å². The molecular formula is C22H23ClN4OS. The first-order valence-corrected chi connectivity index (χ1v) is 11.5. The van der Waals surface area contributed by atoms with Gasteiger partial charge in [-0.3, -0.25) is 4.40 Å². The van der Waals surface area contributed by atoms with E-state index >= 15 is 0 Å². The van der Waals surface area contributed by atoms with Gasteiger partial charge in [0.1, 0.15) is 5.75 Å². The van der Waals surface area contributed by atoms with E-state index < -0.39 is 0 Å². The molecule has 4 aromatic rings. The fourth-order valence-electron chi connectivity index (χ4n) is 4.21. The number of thioether (sulfide) groups is 1. The highest BCUT2D eigenvalue weighted by molar-refractivity contribution is 7.99. The minimum absolute atomic E-state index is 0.515. The molecule has 0 saturated heterocycles. The third-order valence-electron chi connectivity index (χ3n) is 5.55. The number of hydrogen-bond acceptors (Lipinski definition) is 4. The summed E-state index contributed by atoms with van der Waals surface area (Å²) >= 11 is 7.60. The molecule has 0 unspecified atom stereocenters. The SMILES string of the molecule is Clc1ccc(OCCSc2nnc3n(C4CCCCC4)c4ccccc4n23)cc1. The van der Waals surface area contributed by atoms with E-state index in [9.17, 15) is 0 Å². The van der Waals surface area contributed by atoms with Crippen molar-refractivity contribution in [3.05, 3.63) is 53.6 Å². The Morgan fingerprint density at radius 3 is 2.52 bits per heavy atom. The maximum absolute atomic E-state index is 5.92. The minimum Gasteiger partial charge on any atom is -0.493 e. The quantitative estimate of drug-likeness (QED) is 0.279. The van der Waals surface area contributed by atoms with Crippen LogP contribution in [0.25, 0.3) is 16.8 Å². The van der Waals surface area contributed by atoms with E-state index in [0.717, 1.165) is 22.4 Å². The van der Waals surface area contributed by atoms with E-state index in [1.54, 1.807) is 11.8 Å². The van der Waals surface area contributed by atoms with Crippen LogP contribution >= 0.6 is 23.4 Å². The normalized spacial score (nSPS) is 15.3. The predicted molar refractivity (Wildman–Crippen MR) is 118 cm³/mol. The first-order valence-electron chi connectivity index (χ1n) is 10.2. The minimum atomic E-state index is 0.515. The molecule has 5 nitrogen and oxygen atoms in total. The summed E-state index contributed by atoms with van der Waals surface area (Å²) in [5.41, 5.74) is 2.43. The molecule has 1 fully saturated rings. The molecule has 7 heteroatoms. The highest BCUT2D eigenvalue weighted by Crippen LogP contribution is 2.35. The summed E-state index contributed by atoms with van der Waals surface area (Å²) in [5.74, 6) is 2.58. The van der Waals surface area contributed by atoms with Crippen molar-refractivity contribution in [1.29, 1.82) is 0 Å². The lowest BCUT2D eigenvalue weighted by atomic mass is 9.95. The molecular weight excluding hydrogens is 404 g/mol. The fourth-order valence-corrected chi connectivity index (χ4v) is 5.09. The third-order valence-corrected chi connectivity index (χ3v) is 6.70. The molecule has 29 heavy (non-hydrogen) atoms. The highest BCUT2D eigenvalue weighted by Gasteiger charge is 2.23. The summed E-state index contributed by atoms with van der Waals surface area (Å²) in [5, 5.41) is 10.7. The second kappa shape index (κ2) is 8.28. The van der Waals surface area contributed by atoms with E-state index in [2.05, 4.69) is 43.4 Å². The number of benzene rings is 2. The van der Waals surface area contributed by atoms with Crippen LogP contribution in [0.4, 0.5) is 0 Å². The molecule has 0 bridgehead atoms. The van der Waals surface area contributed by atoms with Crippen molar-refractivity contribution in [2.24, 2.45) is 0 Å². The number of aromatic nitrogens is 4. The van der Waals surface area contributed by atoms with E-state index in [1.165, 1.54) is 43.1 Å². The van der Waals surface area contributed by atoms with Crippen LogP contribution in [0.5, 0.6) is 5.75 Å². The monoisotopic (exact) mass is 426 g/mol. The van der Waals surface area contributed by atoms with Crippen molar-refractivity contribution in [2.75, 3.05) is 12.4 Å². The van der Waals surface area contributed by atoms with E-state index in [0.29, 0.717) is 17.7 Å². The van der Waals surface area contributed by atoms with Crippen LogP contribution in [0.1, 0.15) is 38.1 Å². The van der Waals surface area contributed by atoms with E-state index in [-0.39, 0.29) is 0 Å². The van der Waals surface area contributed by atoms with Gasteiger partial charge in [0.25, 0.3) is 0 Å². The average molecular weight is 427 g/mol. The van der Waals surface area contributed by atoms with Crippen LogP contribution < -0.4 is 4.74 Å². The van der Waals surface area contributed by atoms with E-state index in [1.807, 2.05) is 24.3 Å². The summed E-state index contributed by atoms with van der Waals surface area (Å²) < 4.78 is 10.4. The van der Waals surface area contributed by atoms with Gasteiger partial charge in [-0.1, -0.05) is 54.8 Å². The highest BCUT2D eigenvalue weighted by atomic mass is 35.5. The van der Waals surface area contributed by atoms with Gasteiger partial charge in [-0.2, -0.15) is 0 Å². The third kappa shape index (κ3) is 3.71.